The average Bonchev–Trinajstić information content (AvgIpc) is 2.24. The van der Waals surface area contributed by atoms with Crippen LogP contribution in [0, 0.1) is 0 Å². The van der Waals surface area contributed by atoms with Crippen molar-refractivity contribution in [2.45, 2.75) is 38.9 Å². The maximum Gasteiger partial charge on any atom is 0.337 e. The summed E-state index contributed by atoms with van der Waals surface area (Å²) in [5.41, 5.74) is -0.554. The summed E-state index contributed by atoms with van der Waals surface area (Å²) in [6, 6.07) is 1.43. The van der Waals surface area contributed by atoms with E-state index in [9.17, 15) is 4.79 Å². The molecule has 1 aliphatic heterocycles. The number of hydrogen-bond acceptors (Lipinski definition) is 4. The number of carbonyl (C=O) groups is 1. The third kappa shape index (κ3) is 3.22. The lowest BCUT2D eigenvalue weighted by molar-refractivity contribution is -0.133. The number of pyridine rings is 1. The van der Waals surface area contributed by atoms with Gasteiger partial charge in [0.1, 0.15) is 5.82 Å². The molecule has 110 valence electrons. The molecular weight excluding hydrogens is 280 g/mol. The molecule has 1 N–H and O–H groups in total. The van der Waals surface area contributed by atoms with E-state index < -0.39 is 5.97 Å². The molecule has 1 fully saturated rings. The van der Waals surface area contributed by atoms with Crippen LogP contribution in [0.2, 0.25) is 5.02 Å². The molecule has 0 atom stereocenters. The second-order valence-electron chi connectivity index (χ2n) is 6.31. The summed E-state index contributed by atoms with van der Waals surface area (Å²) < 4.78 is 6.01. The van der Waals surface area contributed by atoms with Gasteiger partial charge in [-0.2, -0.15) is 0 Å². The number of rotatable bonds is 2. The first-order valence-corrected chi connectivity index (χ1v) is 6.81. The molecule has 0 spiro atoms. The van der Waals surface area contributed by atoms with Gasteiger partial charge in [0.05, 0.1) is 21.8 Å². The van der Waals surface area contributed by atoms with Gasteiger partial charge < -0.3 is 14.7 Å². The number of morpholine rings is 1. The predicted molar refractivity (Wildman–Crippen MR) is 77.7 cm³/mol. The smallest absolute Gasteiger partial charge is 0.337 e. The highest BCUT2D eigenvalue weighted by atomic mass is 35.5. The number of anilines is 1. The Morgan fingerprint density at radius 1 is 1.35 bits per heavy atom. The van der Waals surface area contributed by atoms with Crippen LogP contribution in [0.4, 0.5) is 5.82 Å². The molecule has 1 aromatic heterocycles. The van der Waals surface area contributed by atoms with Crippen LogP contribution in [-0.4, -0.2) is 40.4 Å². The maximum atomic E-state index is 10.9. The molecule has 1 aromatic rings. The summed E-state index contributed by atoms with van der Waals surface area (Å²) in [4.78, 5) is 17.2. The van der Waals surface area contributed by atoms with E-state index in [4.69, 9.17) is 21.4 Å². The van der Waals surface area contributed by atoms with Gasteiger partial charge >= 0.3 is 5.97 Å². The quantitative estimate of drug-likeness (QED) is 0.909. The lowest BCUT2D eigenvalue weighted by Gasteiger charge is -2.47. The predicted octanol–water partition coefficient (Wildman–Crippen LogP) is 2.83. The third-order valence-corrected chi connectivity index (χ3v) is 3.34. The average molecular weight is 299 g/mol. The van der Waals surface area contributed by atoms with Crippen LogP contribution in [0.3, 0.4) is 0 Å². The molecule has 0 bridgehead atoms. The molecule has 0 aromatic carbocycles. The SMILES string of the molecule is CC1(C)CN(c2ncc(C(=O)O)cc2Cl)CC(C)(C)O1. The van der Waals surface area contributed by atoms with E-state index in [0.717, 1.165) is 0 Å². The van der Waals surface area contributed by atoms with Gasteiger partial charge in [0.2, 0.25) is 0 Å². The van der Waals surface area contributed by atoms with Gasteiger partial charge in [-0.05, 0) is 33.8 Å². The third-order valence-electron chi connectivity index (χ3n) is 3.06. The van der Waals surface area contributed by atoms with Crippen molar-refractivity contribution in [1.29, 1.82) is 0 Å². The fourth-order valence-electron chi connectivity index (χ4n) is 2.72. The summed E-state index contributed by atoms with van der Waals surface area (Å²) in [7, 11) is 0. The fraction of sp³-hybridized carbons (Fsp3) is 0.571. The van der Waals surface area contributed by atoms with E-state index in [1.807, 2.05) is 32.6 Å². The van der Waals surface area contributed by atoms with Crippen molar-refractivity contribution in [2.75, 3.05) is 18.0 Å². The number of nitrogens with zero attached hydrogens (tertiary/aromatic N) is 2. The van der Waals surface area contributed by atoms with E-state index in [0.29, 0.717) is 23.9 Å². The Morgan fingerprint density at radius 2 is 1.90 bits per heavy atom. The highest BCUT2D eigenvalue weighted by Gasteiger charge is 2.39. The molecule has 0 radical (unpaired) electrons. The Kier molecular flexibility index (Phi) is 3.69. The molecule has 2 rings (SSSR count). The van der Waals surface area contributed by atoms with Crippen molar-refractivity contribution in [3.05, 3.63) is 22.8 Å². The van der Waals surface area contributed by atoms with E-state index in [-0.39, 0.29) is 16.8 Å². The molecule has 0 unspecified atom stereocenters. The first kappa shape index (κ1) is 15.1. The van der Waals surface area contributed by atoms with Crippen LogP contribution >= 0.6 is 11.6 Å². The van der Waals surface area contributed by atoms with Crippen LogP contribution in [0.1, 0.15) is 38.1 Å². The largest absolute Gasteiger partial charge is 0.478 e. The molecule has 2 heterocycles. The number of aromatic carboxylic acids is 1. The number of halogens is 1. The second-order valence-corrected chi connectivity index (χ2v) is 6.72. The topological polar surface area (TPSA) is 62.7 Å². The van der Waals surface area contributed by atoms with Crippen LogP contribution in [-0.2, 0) is 4.74 Å². The highest BCUT2D eigenvalue weighted by molar-refractivity contribution is 6.33. The minimum Gasteiger partial charge on any atom is -0.478 e. The van der Waals surface area contributed by atoms with Crippen molar-refractivity contribution < 1.29 is 14.6 Å². The number of hydrogen-bond donors (Lipinski definition) is 1. The van der Waals surface area contributed by atoms with Crippen molar-refractivity contribution in [1.82, 2.24) is 4.98 Å². The van der Waals surface area contributed by atoms with Crippen LogP contribution in [0.5, 0.6) is 0 Å². The van der Waals surface area contributed by atoms with E-state index in [1.54, 1.807) is 0 Å². The van der Waals surface area contributed by atoms with Gasteiger partial charge in [-0.25, -0.2) is 9.78 Å². The summed E-state index contributed by atoms with van der Waals surface area (Å²) in [5, 5.41) is 9.29. The Bertz CT molecular complexity index is 527. The monoisotopic (exact) mass is 298 g/mol. The first-order chi connectivity index (χ1) is 9.10. The molecule has 1 aliphatic rings. The highest BCUT2D eigenvalue weighted by Crippen LogP contribution is 2.33. The number of carboxylic acids is 1. The summed E-state index contributed by atoms with van der Waals surface area (Å²) in [6.45, 7) is 9.35. The molecule has 6 heteroatoms. The second kappa shape index (κ2) is 4.90. The number of aromatic nitrogens is 1. The van der Waals surface area contributed by atoms with Crippen molar-refractivity contribution in [2.24, 2.45) is 0 Å². The lowest BCUT2D eigenvalue weighted by Crippen LogP contribution is -2.57. The summed E-state index contributed by atoms with van der Waals surface area (Å²) in [5.74, 6) is -0.435. The normalized spacial score (nSPS) is 20.8. The van der Waals surface area contributed by atoms with E-state index >= 15 is 0 Å². The minimum absolute atomic E-state index is 0.0885. The number of ether oxygens (including phenoxy) is 1. The van der Waals surface area contributed by atoms with Crippen molar-refractivity contribution in [3.63, 3.8) is 0 Å². The maximum absolute atomic E-state index is 10.9. The Labute approximate surface area is 123 Å². The van der Waals surface area contributed by atoms with Crippen LogP contribution in [0.25, 0.3) is 0 Å². The molecule has 0 amide bonds. The standard InChI is InChI=1S/C14H19ClN2O3/c1-13(2)7-17(8-14(3,4)20-13)11-10(15)5-9(6-16-11)12(18)19/h5-6H,7-8H2,1-4H3,(H,18,19). The van der Waals surface area contributed by atoms with Crippen LogP contribution in [0.15, 0.2) is 12.3 Å². The zero-order valence-corrected chi connectivity index (χ0v) is 12.9. The minimum atomic E-state index is -1.03. The summed E-state index contributed by atoms with van der Waals surface area (Å²) in [6.07, 6.45) is 1.33. The number of carboxylic acid groups (broad SMARTS) is 1. The molecule has 5 nitrogen and oxygen atoms in total. The molecule has 0 aliphatic carbocycles. The van der Waals surface area contributed by atoms with Gasteiger partial charge in [-0.3, -0.25) is 0 Å². The van der Waals surface area contributed by atoms with Crippen molar-refractivity contribution >= 4 is 23.4 Å². The zero-order chi connectivity index (χ0) is 15.1. The Hall–Kier alpha value is -1.33. The Morgan fingerprint density at radius 3 is 2.35 bits per heavy atom. The molecule has 1 saturated heterocycles. The van der Waals surface area contributed by atoms with Gasteiger partial charge in [-0.1, -0.05) is 11.6 Å². The van der Waals surface area contributed by atoms with E-state index in [1.165, 1.54) is 12.3 Å². The van der Waals surface area contributed by atoms with Crippen molar-refractivity contribution in [3.8, 4) is 0 Å². The fourth-order valence-corrected chi connectivity index (χ4v) is 3.00. The van der Waals surface area contributed by atoms with Gasteiger partial charge in [0.25, 0.3) is 0 Å². The van der Waals surface area contributed by atoms with Gasteiger partial charge in [0.15, 0.2) is 0 Å². The van der Waals surface area contributed by atoms with Gasteiger partial charge in [-0.15, -0.1) is 0 Å². The molecule has 20 heavy (non-hydrogen) atoms. The lowest BCUT2D eigenvalue weighted by atomic mass is 9.99. The molecular formula is C14H19ClN2O3. The van der Waals surface area contributed by atoms with Crippen LogP contribution < -0.4 is 4.90 Å². The van der Waals surface area contributed by atoms with Gasteiger partial charge in [0, 0.05) is 19.3 Å². The summed E-state index contributed by atoms with van der Waals surface area (Å²) >= 11 is 6.18. The first-order valence-electron chi connectivity index (χ1n) is 6.44. The van der Waals surface area contributed by atoms with E-state index in [2.05, 4.69) is 4.98 Å². The Balaban J connectivity index is 2.34. The zero-order valence-electron chi connectivity index (χ0n) is 12.1. The molecule has 0 saturated carbocycles.